The molecule has 0 aromatic heterocycles. The van der Waals surface area contributed by atoms with Crippen LogP contribution in [0, 0.1) is 36.0 Å². The number of cyclic esters (lactones) is 2. The van der Waals surface area contributed by atoms with E-state index in [1.54, 1.807) is 71.2 Å². The summed E-state index contributed by atoms with van der Waals surface area (Å²) in [6.07, 6.45) is 2.67. The van der Waals surface area contributed by atoms with Crippen LogP contribution in [0.4, 0.5) is 5.69 Å². The molecule has 576 valence electrons. The van der Waals surface area contributed by atoms with Crippen molar-refractivity contribution in [3.8, 4) is 0 Å². The molecule has 6 amide bonds. The Bertz CT molecular complexity index is 3430. The number of esters is 3. The van der Waals surface area contributed by atoms with E-state index in [0.29, 0.717) is 105 Å². The maximum absolute atomic E-state index is 14.1. The topological polar surface area (TPSA) is 343 Å². The fraction of sp³-hybridized carbons (Fsp3) is 0.590. The molecule has 3 aliphatic heterocycles. The minimum absolute atomic E-state index is 0.0168. The molecule has 4 N–H and O–H groups in total. The van der Waals surface area contributed by atoms with E-state index in [4.69, 9.17) is 54.3 Å². The van der Waals surface area contributed by atoms with Crippen molar-refractivity contribution < 1.29 is 100 Å². The van der Waals surface area contributed by atoms with Crippen molar-refractivity contribution in [2.24, 2.45) is 29.1 Å². The highest BCUT2D eigenvalue weighted by Crippen LogP contribution is 2.45. The van der Waals surface area contributed by atoms with Crippen LogP contribution in [0.15, 0.2) is 78.9 Å². The Kier molecular flexibility index (Phi) is 35.9. The Morgan fingerprint density at radius 3 is 2.04 bits per heavy atom. The predicted octanol–water partition coefficient (Wildman–Crippen LogP) is 9.14. The first kappa shape index (κ1) is 85.7. The lowest BCUT2D eigenvalue weighted by molar-refractivity contribution is -0.197. The molecule has 0 aliphatic carbocycles. The maximum atomic E-state index is 14.1. The molecule has 2 saturated heterocycles. The van der Waals surface area contributed by atoms with Crippen LogP contribution in [0.3, 0.4) is 0 Å². The van der Waals surface area contributed by atoms with E-state index in [2.05, 4.69) is 21.3 Å². The molecule has 26 nitrogen and oxygen atoms in total. The normalized spacial score (nSPS) is 19.7. The van der Waals surface area contributed by atoms with Gasteiger partial charge < -0.3 is 64.0 Å². The molecule has 27 heteroatoms. The number of carbonyl (C=O) groups is 12. The zero-order valence-corrected chi connectivity index (χ0v) is 62.8. The first-order valence-electron chi connectivity index (χ1n) is 36.4. The van der Waals surface area contributed by atoms with E-state index in [1.165, 1.54) is 6.08 Å². The zero-order valence-electron chi connectivity index (χ0n) is 62.1. The van der Waals surface area contributed by atoms with Gasteiger partial charge in [0, 0.05) is 100 Å². The molecule has 3 aliphatic rings. The molecule has 105 heavy (non-hydrogen) atoms. The number of imide groups is 1. The molecular weight excluding hydrogens is 1380 g/mol. The summed E-state index contributed by atoms with van der Waals surface area (Å²) in [4.78, 5) is 163. The van der Waals surface area contributed by atoms with Crippen molar-refractivity contribution in [2.45, 2.75) is 208 Å². The van der Waals surface area contributed by atoms with Gasteiger partial charge in [0.1, 0.15) is 30.6 Å². The van der Waals surface area contributed by atoms with Crippen LogP contribution in [0.2, 0.25) is 5.02 Å². The Balaban J connectivity index is 0.997. The van der Waals surface area contributed by atoms with Gasteiger partial charge in [-0.2, -0.15) is 0 Å². The number of nitrogens with one attached hydrogen (secondary N) is 4. The summed E-state index contributed by atoms with van der Waals surface area (Å²) in [6.45, 7) is 16.9. The number of hydrogen-bond acceptors (Lipinski definition) is 21. The Morgan fingerprint density at radius 2 is 1.38 bits per heavy atom. The van der Waals surface area contributed by atoms with Gasteiger partial charge in [-0.15, -0.1) is 5.06 Å². The van der Waals surface area contributed by atoms with Gasteiger partial charge in [0.05, 0.1) is 63.8 Å². The number of methoxy groups -OCH3 is 1. The third kappa shape index (κ3) is 30.3. The van der Waals surface area contributed by atoms with Crippen LogP contribution in [-0.2, 0) is 120 Å². The first-order chi connectivity index (χ1) is 50.1. The number of epoxide rings is 1. The first-order valence-corrected chi connectivity index (χ1v) is 36.8. The van der Waals surface area contributed by atoms with Gasteiger partial charge in [-0.25, -0.2) is 9.59 Å². The number of Topliss-reactive ketones (excluding diaryl/α,β-unsaturated/α-hetero) is 2. The number of rotatable bonds is 42. The third-order valence-corrected chi connectivity index (χ3v) is 18.6. The molecule has 0 unspecified atom stereocenters. The summed E-state index contributed by atoms with van der Waals surface area (Å²) in [7, 11) is 1.60. The van der Waals surface area contributed by atoms with Gasteiger partial charge in [0.25, 0.3) is 11.8 Å². The van der Waals surface area contributed by atoms with E-state index in [-0.39, 0.29) is 120 Å². The number of carbonyl (C=O) groups excluding carboxylic acids is 12. The third-order valence-electron chi connectivity index (χ3n) is 18.2. The number of ketones is 2. The number of unbranched alkanes of at least 4 members (excludes halogenated alkanes) is 2. The Morgan fingerprint density at radius 1 is 0.724 bits per heavy atom. The molecular formula is C78H106ClN5O21. The number of nitrogens with zero attached hydrogens (tertiary/aromatic N) is 1. The Hall–Kier alpha value is -8.27. The molecule has 0 spiro atoms. The number of halogens is 1. The monoisotopic (exact) mass is 1480 g/mol. The highest BCUT2D eigenvalue weighted by molar-refractivity contribution is 6.31. The molecule has 3 heterocycles. The quantitative estimate of drug-likeness (QED) is 0.0135. The second-order valence-corrected chi connectivity index (χ2v) is 28.7. The fourth-order valence-corrected chi connectivity index (χ4v) is 11.9. The summed E-state index contributed by atoms with van der Waals surface area (Å²) < 4.78 is 45.3. The van der Waals surface area contributed by atoms with Gasteiger partial charge in [0.15, 0.2) is 11.9 Å². The van der Waals surface area contributed by atoms with Crippen molar-refractivity contribution in [2.75, 3.05) is 65.2 Å². The van der Waals surface area contributed by atoms with Gasteiger partial charge >= 0.3 is 23.9 Å². The highest BCUT2D eigenvalue weighted by atomic mass is 35.5. The van der Waals surface area contributed by atoms with Gasteiger partial charge in [-0.3, -0.25) is 47.9 Å². The van der Waals surface area contributed by atoms with Crippen LogP contribution in [-0.4, -0.2) is 166 Å². The molecule has 3 aromatic rings. The summed E-state index contributed by atoms with van der Waals surface area (Å²) in [5.74, 6) is -8.03. The summed E-state index contributed by atoms with van der Waals surface area (Å²) in [5.41, 5.74) is 3.09. The number of hydroxylamine groups is 2. The molecule has 0 bridgehead atoms. The number of aryl methyl sites for hydroxylation is 2. The number of hydrogen-bond donors (Lipinski definition) is 4. The lowest BCUT2D eigenvalue weighted by Gasteiger charge is -2.29. The van der Waals surface area contributed by atoms with Crippen molar-refractivity contribution in [1.29, 1.82) is 0 Å². The van der Waals surface area contributed by atoms with Crippen LogP contribution in [0.25, 0.3) is 0 Å². The van der Waals surface area contributed by atoms with Gasteiger partial charge in [-0.1, -0.05) is 114 Å². The van der Waals surface area contributed by atoms with Crippen molar-refractivity contribution in [3.63, 3.8) is 0 Å². The SMILES string of the molecule is COCCOCCOCCOCCC(=O)CCCCC[C@H](CC(=O)[C@@H](NC(=O)CCCC(=O)ON1C(=O)CCC1=O)C(C)C)C(=O)Nc1ccc(COC(=O)CCc2ccc([C@H]3O[C@@H]3[C@@H](C)[C@@H]3C/C=C/C(=O)N[C@H](Cc4ccc(C)c(Cl)c4)C(=O)NCC(C)(C)C(=O)O[C@@H](CC(C)C)C(=O)O3)cc2)cc1. The largest absolute Gasteiger partial charge is 0.461 e. The number of benzene rings is 3. The minimum Gasteiger partial charge on any atom is -0.461 e. The second-order valence-electron chi connectivity index (χ2n) is 28.3. The smallest absolute Gasteiger partial charge is 0.347 e. The lowest BCUT2D eigenvalue weighted by atomic mass is 9.88. The molecule has 0 saturated carbocycles. The van der Waals surface area contributed by atoms with Crippen molar-refractivity contribution in [3.05, 3.63) is 112 Å². The maximum Gasteiger partial charge on any atom is 0.347 e. The Labute approximate surface area is 620 Å². The summed E-state index contributed by atoms with van der Waals surface area (Å²) in [6, 6.07) is 17.7. The van der Waals surface area contributed by atoms with E-state index < -0.39 is 107 Å². The molecule has 3 aromatic carbocycles. The van der Waals surface area contributed by atoms with E-state index >= 15 is 0 Å². The minimum atomic E-state index is -1.27. The highest BCUT2D eigenvalue weighted by Gasteiger charge is 2.48. The van der Waals surface area contributed by atoms with E-state index in [9.17, 15) is 57.5 Å². The van der Waals surface area contributed by atoms with E-state index in [0.717, 1.165) is 16.7 Å². The standard InChI is InChI=1S/C78H106ClN5O21/c1-49(2)43-64-76(95)102-63(17-13-18-65(87)82-61(45-55-22-21-51(5)60(79)44-55)75(94)80-48-78(7,8)77(96)103-64)52(6)72-73(104-72)56-28-23-53(24-29-56)27-34-69(91)101-47-54-25-30-58(31-26-54)81-74(93)57(15-11-10-12-16-59(85)35-36-98-39-40-100-42-41-99-38-37-97-9)46-62(86)71(50(3)4)83-66(88)19-14-20-70(92)105-84-67(89)32-33-68(84)90/h13,18,21-26,28-31,44,49-50,52,57,61,63-64,71-73H,10-12,14-17,19-20,27,32-43,45-48H2,1-9H3,(H,80,94)(H,81,93)(H,82,87)(H,83,88)/b18-13+/t52-,57+,61+,63-,64-,71-,72+,73+/m0/s1. The summed E-state index contributed by atoms with van der Waals surface area (Å²) >= 11 is 6.41. The average molecular weight is 1490 g/mol. The number of anilines is 1. The number of amides is 6. The fourth-order valence-electron chi connectivity index (χ4n) is 11.7. The predicted molar refractivity (Wildman–Crippen MR) is 386 cm³/mol. The average Bonchev–Trinajstić information content (AvgIpc) is 1.63. The van der Waals surface area contributed by atoms with Crippen molar-refractivity contribution >= 4 is 88.2 Å². The lowest BCUT2D eigenvalue weighted by Crippen LogP contribution is -2.51. The molecule has 0 radical (unpaired) electrons. The molecule has 6 rings (SSSR count). The zero-order chi connectivity index (χ0) is 76.6. The molecule has 8 atom stereocenters. The summed E-state index contributed by atoms with van der Waals surface area (Å²) in [5, 5.41) is 12.2. The van der Waals surface area contributed by atoms with Gasteiger partial charge in [0.2, 0.25) is 23.6 Å². The van der Waals surface area contributed by atoms with Crippen LogP contribution in [0.5, 0.6) is 0 Å². The molecule has 2 fully saturated rings. The van der Waals surface area contributed by atoms with Gasteiger partial charge in [-0.05, 0) is 117 Å². The second kappa shape index (κ2) is 44.0. The van der Waals surface area contributed by atoms with Crippen molar-refractivity contribution in [1.82, 2.24) is 21.0 Å². The van der Waals surface area contributed by atoms with E-state index in [1.807, 2.05) is 64.1 Å². The van der Waals surface area contributed by atoms with Crippen LogP contribution < -0.4 is 21.3 Å². The number of ether oxygens (including phenoxy) is 8. The van der Waals surface area contributed by atoms with Crippen LogP contribution in [0.1, 0.15) is 179 Å². The van der Waals surface area contributed by atoms with Crippen LogP contribution >= 0.6 is 11.6 Å².